The van der Waals surface area contributed by atoms with Gasteiger partial charge in [-0.05, 0) is 43.9 Å². The van der Waals surface area contributed by atoms with E-state index in [0.717, 1.165) is 49.4 Å². The Balaban J connectivity index is 1.87. The SMILES string of the molecule is CCCCNc1nc(C)ncc1OCCCc1ccc(Cl)cc1Cl. The smallest absolute Gasteiger partial charge is 0.179 e. The highest BCUT2D eigenvalue weighted by molar-refractivity contribution is 6.35. The van der Waals surface area contributed by atoms with Crippen LogP contribution >= 0.6 is 23.2 Å². The fourth-order valence-corrected chi connectivity index (χ4v) is 2.75. The summed E-state index contributed by atoms with van der Waals surface area (Å²) in [5.41, 5.74) is 1.08. The Hall–Kier alpha value is -1.52. The van der Waals surface area contributed by atoms with E-state index in [-0.39, 0.29) is 0 Å². The molecule has 0 atom stereocenters. The van der Waals surface area contributed by atoms with Gasteiger partial charge < -0.3 is 10.1 Å². The Morgan fingerprint density at radius 3 is 2.79 bits per heavy atom. The van der Waals surface area contributed by atoms with E-state index in [0.29, 0.717) is 22.4 Å². The summed E-state index contributed by atoms with van der Waals surface area (Å²) in [4.78, 5) is 8.64. The monoisotopic (exact) mass is 367 g/mol. The maximum Gasteiger partial charge on any atom is 0.179 e. The maximum atomic E-state index is 6.18. The highest BCUT2D eigenvalue weighted by atomic mass is 35.5. The summed E-state index contributed by atoms with van der Waals surface area (Å²) in [5, 5.41) is 4.67. The standard InChI is InChI=1S/C18H23Cl2N3O/c1-3-4-9-21-18-17(12-22-13(2)23-18)24-10-5-6-14-7-8-15(19)11-16(14)20/h7-8,11-12H,3-6,9-10H2,1-2H3,(H,21,22,23). The van der Waals surface area contributed by atoms with Gasteiger partial charge in [0.2, 0.25) is 0 Å². The van der Waals surface area contributed by atoms with E-state index in [1.165, 1.54) is 0 Å². The van der Waals surface area contributed by atoms with Gasteiger partial charge in [0, 0.05) is 16.6 Å². The minimum absolute atomic E-state index is 0.577. The Bertz CT molecular complexity index is 665. The van der Waals surface area contributed by atoms with E-state index in [4.69, 9.17) is 27.9 Å². The fraction of sp³-hybridized carbons (Fsp3) is 0.444. The number of aryl methyl sites for hydroxylation is 2. The second-order valence-corrected chi connectivity index (χ2v) is 6.44. The molecule has 1 N–H and O–H groups in total. The molecule has 0 radical (unpaired) electrons. The Labute approximate surface area is 153 Å². The quantitative estimate of drug-likeness (QED) is 0.609. The van der Waals surface area contributed by atoms with E-state index >= 15 is 0 Å². The molecule has 0 fully saturated rings. The Morgan fingerprint density at radius 1 is 1.21 bits per heavy atom. The van der Waals surface area contributed by atoms with Gasteiger partial charge in [0.05, 0.1) is 12.8 Å². The molecule has 1 aromatic heterocycles. The van der Waals surface area contributed by atoms with Crippen molar-refractivity contribution in [2.45, 2.75) is 39.5 Å². The molecule has 0 aliphatic heterocycles. The zero-order valence-electron chi connectivity index (χ0n) is 14.1. The number of ether oxygens (including phenoxy) is 1. The number of benzene rings is 1. The molecule has 0 aliphatic rings. The molecule has 0 amide bonds. The van der Waals surface area contributed by atoms with Gasteiger partial charge in [-0.3, -0.25) is 0 Å². The molecule has 1 heterocycles. The normalized spacial score (nSPS) is 10.7. The van der Waals surface area contributed by atoms with Crippen LogP contribution in [0.5, 0.6) is 5.75 Å². The van der Waals surface area contributed by atoms with Crippen molar-refractivity contribution in [3.05, 3.63) is 45.8 Å². The summed E-state index contributed by atoms with van der Waals surface area (Å²) in [6.45, 7) is 5.49. The first-order chi connectivity index (χ1) is 11.6. The number of nitrogens with zero attached hydrogens (tertiary/aromatic N) is 2. The second-order valence-electron chi connectivity index (χ2n) is 5.60. The molecular formula is C18H23Cl2N3O. The van der Waals surface area contributed by atoms with Crippen LogP contribution in [0.3, 0.4) is 0 Å². The molecule has 1 aromatic carbocycles. The first kappa shape index (κ1) is 18.8. The molecule has 0 aliphatic carbocycles. The van der Waals surface area contributed by atoms with Gasteiger partial charge >= 0.3 is 0 Å². The van der Waals surface area contributed by atoms with Crippen LogP contribution in [0.2, 0.25) is 10.0 Å². The number of nitrogens with one attached hydrogen (secondary N) is 1. The van der Waals surface area contributed by atoms with Crippen LogP contribution in [0, 0.1) is 6.92 Å². The third kappa shape index (κ3) is 5.84. The number of aromatic nitrogens is 2. The predicted molar refractivity (Wildman–Crippen MR) is 100 cm³/mol. The summed E-state index contributed by atoms with van der Waals surface area (Å²) < 4.78 is 5.85. The van der Waals surface area contributed by atoms with Crippen molar-refractivity contribution in [2.75, 3.05) is 18.5 Å². The van der Waals surface area contributed by atoms with Crippen molar-refractivity contribution >= 4 is 29.0 Å². The average molecular weight is 368 g/mol. The largest absolute Gasteiger partial charge is 0.488 e. The van der Waals surface area contributed by atoms with Crippen molar-refractivity contribution in [1.82, 2.24) is 9.97 Å². The summed E-state index contributed by atoms with van der Waals surface area (Å²) in [6.07, 6.45) is 5.64. The molecule has 24 heavy (non-hydrogen) atoms. The topological polar surface area (TPSA) is 47.0 Å². The lowest BCUT2D eigenvalue weighted by Crippen LogP contribution is -2.08. The first-order valence-corrected chi connectivity index (χ1v) is 9.00. The number of anilines is 1. The summed E-state index contributed by atoms with van der Waals surface area (Å²) in [7, 11) is 0. The van der Waals surface area contributed by atoms with Crippen LogP contribution in [-0.2, 0) is 6.42 Å². The van der Waals surface area contributed by atoms with Crippen LogP contribution in [-0.4, -0.2) is 23.1 Å². The molecule has 2 rings (SSSR count). The Kier molecular flexibility index (Phi) is 7.60. The van der Waals surface area contributed by atoms with Gasteiger partial charge in [-0.15, -0.1) is 0 Å². The lowest BCUT2D eigenvalue weighted by atomic mass is 10.1. The van der Waals surface area contributed by atoms with Crippen LogP contribution < -0.4 is 10.1 Å². The van der Waals surface area contributed by atoms with Crippen LogP contribution in [0.25, 0.3) is 0 Å². The van der Waals surface area contributed by atoms with Crippen LogP contribution in [0.4, 0.5) is 5.82 Å². The molecular weight excluding hydrogens is 345 g/mol. The number of hydrogen-bond donors (Lipinski definition) is 1. The van der Waals surface area contributed by atoms with Gasteiger partial charge in [0.25, 0.3) is 0 Å². The van der Waals surface area contributed by atoms with E-state index in [2.05, 4.69) is 22.2 Å². The molecule has 4 nitrogen and oxygen atoms in total. The molecule has 0 unspecified atom stereocenters. The van der Waals surface area contributed by atoms with Gasteiger partial charge in [-0.1, -0.05) is 42.6 Å². The first-order valence-electron chi connectivity index (χ1n) is 8.24. The maximum absolute atomic E-state index is 6.18. The molecule has 6 heteroatoms. The van der Waals surface area contributed by atoms with E-state index in [1.54, 1.807) is 12.3 Å². The summed E-state index contributed by atoms with van der Waals surface area (Å²) in [5.74, 6) is 2.19. The van der Waals surface area contributed by atoms with Crippen molar-refractivity contribution in [3.63, 3.8) is 0 Å². The zero-order valence-corrected chi connectivity index (χ0v) is 15.6. The van der Waals surface area contributed by atoms with Crippen LogP contribution in [0.1, 0.15) is 37.6 Å². The summed E-state index contributed by atoms with van der Waals surface area (Å²) >= 11 is 12.1. The van der Waals surface area contributed by atoms with E-state index in [1.807, 2.05) is 19.1 Å². The number of rotatable bonds is 9. The molecule has 0 saturated heterocycles. The minimum Gasteiger partial charge on any atom is -0.488 e. The number of halogens is 2. The van der Waals surface area contributed by atoms with Crippen molar-refractivity contribution in [2.24, 2.45) is 0 Å². The third-order valence-corrected chi connectivity index (χ3v) is 4.15. The average Bonchev–Trinajstić information content (AvgIpc) is 2.55. The fourth-order valence-electron chi connectivity index (χ4n) is 2.24. The van der Waals surface area contributed by atoms with Crippen LogP contribution in [0.15, 0.2) is 24.4 Å². The molecule has 2 aromatic rings. The number of hydrogen-bond acceptors (Lipinski definition) is 4. The van der Waals surface area contributed by atoms with Crippen molar-refractivity contribution < 1.29 is 4.74 Å². The number of unbranched alkanes of at least 4 members (excludes halogenated alkanes) is 1. The highest BCUT2D eigenvalue weighted by Gasteiger charge is 2.07. The lowest BCUT2D eigenvalue weighted by molar-refractivity contribution is 0.310. The second kappa shape index (κ2) is 9.70. The predicted octanol–water partition coefficient (Wildman–Crippen LogP) is 5.32. The molecule has 0 saturated carbocycles. The van der Waals surface area contributed by atoms with Gasteiger partial charge in [-0.2, -0.15) is 0 Å². The molecule has 0 spiro atoms. The van der Waals surface area contributed by atoms with Gasteiger partial charge in [-0.25, -0.2) is 9.97 Å². The molecule has 0 bridgehead atoms. The van der Waals surface area contributed by atoms with Gasteiger partial charge in [0.15, 0.2) is 11.6 Å². The Morgan fingerprint density at radius 2 is 2.04 bits per heavy atom. The van der Waals surface area contributed by atoms with Crippen molar-refractivity contribution in [3.8, 4) is 5.75 Å². The minimum atomic E-state index is 0.577. The molecule has 130 valence electrons. The highest BCUT2D eigenvalue weighted by Crippen LogP contribution is 2.23. The summed E-state index contributed by atoms with van der Waals surface area (Å²) in [6, 6.07) is 5.58. The zero-order chi connectivity index (χ0) is 17.4. The van der Waals surface area contributed by atoms with E-state index in [9.17, 15) is 0 Å². The third-order valence-electron chi connectivity index (χ3n) is 3.56. The van der Waals surface area contributed by atoms with Crippen molar-refractivity contribution in [1.29, 1.82) is 0 Å². The van der Waals surface area contributed by atoms with Gasteiger partial charge in [0.1, 0.15) is 5.82 Å². The lowest BCUT2D eigenvalue weighted by Gasteiger charge is -2.12. The van der Waals surface area contributed by atoms with E-state index < -0.39 is 0 Å².